The summed E-state index contributed by atoms with van der Waals surface area (Å²) in [6.45, 7) is 5.13. The van der Waals surface area contributed by atoms with Gasteiger partial charge in [0.1, 0.15) is 5.82 Å². The summed E-state index contributed by atoms with van der Waals surface area (Å²) < 4.78 is 15.5. The molecule has 6 heteroatoms. The maximum Gasteiger partial charge on any atom is 0.191 e. The summed E-state index contributed by atoms with van der Waals surface area (Å²) in [6.07, 6.45) is 0. The van der Waals surface area contributed by atoms with Gasteiger partial charge >= 0.3 is 0 Å². The first-order valence-electron chi connectivity index (χ1n) is 8.09. The van der Waals surface area contributed by atoms with E-state index in [9.17, 15) is 4.39 Å². The van der Waals surface area contributed by atoms with Crippen molar-refractivity contribution in [2.24, 2.45) is 5.92 Å². The molecule has 25 heavy (non-hydrogen) atoms. The number of halogens is 2. The Morgan fingerprint density at radius 3 is 2.56 bits per heavy atom. The van der Waals surface area contributed by atoms with Crippen molar-refractivity contribution in [2.75, 3.05) is 0 Å². The number of benzene rings is 2. The minimum atomic E-state index is -0.219. The molecule has 1 heterocycles. The average Bonchev–Trinajstić information content (AvgIpc) is 2.96. The third-order valence-electron chi connectivity index (χ3n) is 3.62. The van der Waals surface area contributed by atoms with Crippen LogP contribution in [0.5, 0.6) is 0 Å². The summed E-state index contributed by atoms with van der Waals surface area (Å²) in [5.41, 5.74) is 1.91. The molecule has 0 bridgehead atoms. The van der Waals surface area contributed by atoms with E-state index in [1.54, 1.807) is 23.9 Å². The van der Waals surface area contributed by atoms with Crippen molar-refractivity contribution in [3.05, 3.63) is 64.9 Å². The lowest BCUT2D eigenvalue weighted by atomic mass is 10.2. The molecule has 1 aromatic heterocycles. The minimum Gasteiger partial charge on any atom is -0.302 e. The fraction of sp³-hybridized carbons (Fsp3) is 0.263. The Labute approximate surface area is 156 Å². The first kappa shape index (κ1) is 18.0. The van der Waals surface area contributed by atoms with Crippen molar-refractivity contribution in [1.29, 1.82) is 0 Å². The van der Waals surface area contributed by atoms with Crippen molar-refractivity contribution in [3.8, 4) is 11.4 Å². The summed E-state index contributed by atoms with van der Waals surface area (Å²) in [7, 11) is 0. The molecule has 3 aromatic rings. The fourth-order valence-corrected chi connectivity index (χ4v) is 3.53. The van der Waals surface area contributed by atoms with Gasteiger partial charge in [-0.25, -0.2) is 4.39 Å². The molecule has 0 spiro atoms. The van der Waals surface area contributed by atoms with Gasteiger partial charge in [0.15, 0.2) is 11.0 Å². The second-order valence-corrected chi connectivity index (χ2v) is 7.62. The molecule has 0 saturated carbocycles. The lowest BCUT2D eigenvalue weighted by Gasteiger charge is -2.12. The van der Waals surface area contributed by atoms with Gasteiger partial charge in [-0.1, -0.05) is 49.3 Å². The molecule has 0 atom stereocenters. The predicted octanol–water partition coefficient (Wildman–Crippen LogP) is 5.69. The van der Waals surface area contributed by atoms with Crippen molar-refractivity contribution >= 4 is 23.4 Å². The van der Waals surface area contributed by atoms with Gasteiger partial charge in [-0.2, -0.15) is 0 Å². The zero-order chi connectivity index (χ0) is 17.8. The molecule has 0 radical (unpaired) electrons. The first-order valence-corrected chi connectivity index (χ1v) is 9.45. The Morgan fingerprint density at radius 2 is 1.88 bits per heavy atom. The summed E-state index contributed by atoms with van der Waals surface area (Å²) >= 11 is 7.55. The number of rotatable bonds is 6. The molecule has 0 aliphatic carbocycles. The van der Waals surface area contributed by atoms with Crippen LogP contribution in [0.4, 0.5) is 4.39 Å². The fourth-order valence-electron chi connectivity index (χ4n) is 2.51. The number of thioether (sulfide) groups is 1. The third kappa shape index (κ3) is 4.61. The van der Waals surface area contributed by atoms with Gasteiger partial charge in [0.25, 0.3) is 0 Å². The van der Waals surface area contributed by atoms with Crippen molar-refractivity contribution < 1.29 is 4.39 Å². The van der Waals surface area contributed by atoms with Crippen LogP contribution in [0.1, 0.15) is 19.4 Å². The maximum absolute atomic E-state index is 13.3. The Balaban J connectivity index is 1.87. The highest BCUT2D eigenvalue weighted by Gasteiger charge is 2.15. The normalized spacial score (nSPS) is 11.2. The zero-order valence-corrected chi connectivity index (χ0v) is 15.7. The van der Waals surface area contributed by atoms with Gasteiger partial charge in [-0.05, 0) is 47.9 Å². The molecule has 0 N–H and O–H groups in total. The van der Waals surface area contributed by atoms with Crippen molar-refractivity contribution in [1.82, 2.24) is 14.8 Å². The Kier molecular flexibility index (Phi) is 5.76. The summed E-state index contributed by atoms with van der Waals surface area (Å²) in [5.74, 6) is 1.71. The Bertz CT molecular complexity index is 846. The molecule has 0 aliphatic rings. The quantitative estimate of drug-likeness (QED) is 0.519. The van der Waals surface area contributed by atoms with E-state index < -0.39 is 0 Å². The monoisotopic (exact) mass is 375 g/mol. The first-order chi connectivity index (χ1) is 12.0. The minimum absolute atomic E-state index is 0.219. The van der Waals surface area contributed by atoms with Crippen LogP contribution in [-0.4, -0.2) is 14.8 Å². The number of aromatic nitrogens is 3. The van der Waals surface area contributed by atoms with E-state index >= 15 is 0 Å². The van der Waals surface area contributed by atoms with E-state index in [4.69, 9.17) is 11.6 Å². The topological polar surface area (TPSA) is 30.7 Å². The largest absolute Gasteiger partial charge is 0.302 e. The molecule has 0 aliphatic heterocycles. The molecule has 3 rings (SSSR count). The smallest absolute Gasteiger partial charge is 0.191 e. The van der Waals surface area contributed by atoms with E-state index in [0.717, 1.165) is 28.7 Å². The van der Waals surface area contributed by atoms with Crippen LogP contribution in [0.3, 0.4) is 0 Å². The van der Waals surface area contributed by atoms with Gasteiger partial charge in [0.05, 0.1) is 0 Å². The Hall–Kier alpha value is -1.85. The number of hydrogen-bond acceptors (Lipinski definition) is 3. The highest BCUT2D eigenvalue weighted by molar-refractivity contribution is 7.98. The second-order valence-electron chi connectivity index (χ2n) is 6.24. The van der Waals surface area contributed by atoms with E-state index in [1.165, 1.54) is 6.07 Å². The van der Waals surface area contributed by atoms with Crippen LogP contribution < -0.4 is 0 Å². The van der Waals surface area contributed by atoms with Crippen LogP contribution in [0.15, 0.2) is 53.7 Å². The van der Waals surface area contributed by atoms with Gasteiger partial charge < -0.3 is 4.57 Å². The SMILES string of the molecule is CC(C)Cn1c(SCc2cccc(F)c2)nnc1-c1ccc(Cl)cc1. The van der Waals surface area contributed by atoms with E-state index in [1.807, 2.05) is 30.3 Å². The number of nitrogens with zero attached hydrogens (tertiary/aromatic N) is 3. The lowest BCUT2D eigenvalue weighted by molar-refractivity contribution is 0.498. The Morgan fingerprint density at radius 1 is 1.12 bits per heavy atom. The highest BCUT2D eigenvalue weighted by atomic mass is 35.5. The van der Waals surface area contributed by atoms with Gasteiger partial charge in [0, 0.05) is 22.9 Å². The van der Waals surface area contributed by atoms with Crippen LogP contribution in [0, 0.1) is 11.7 Å². The van der Waals surface area contributed by atoms with Crippen LogP contribution in [0.25, 0.3) is 11.4 Å². The van der Waals surface area contributed by atoms with Gasteiger partial charge in [-0.15, -0.1) is 10.2 Å². The molecule has 3 nitrogen and oxygen atoms in total. The summed E-state index contributed by atoms with van der Waals surface area (Å²) in [5, 5.41) is 10.3. The molecule has 130 valence electrons. The molecule has 0 fully saturated rings. The average molecular weight is 376 g/mol. The summed E-state index contributed by atoms with van der Waals surface area (Å²) in [6, 6.07) is 14.2. The zero-order valence-electron chi connectivity index (χ0n) is 14.1. The van der Waals surface area contributed by atoms with Crippen LogP contribution in [-0.2, 0) is 12.3 Å². The molecular formula is C19H19ClFN3S. The van der Waals surface area contributed by atoms with E-state index in [0.29, 0.717) is 16.7 Å². The maximum atomic E-state index is 13.3. The van der Waals surface area contributed by atoms with Gasteiger partial charge in [0.2, 0.25) is 0 Å². The second kappa shape index (κ2) is 8.02. The predicted molar refractivity (Wildman–Crippen MR) is 101 cm³/mol. The van der Waals surface area contributed by atoms with E-state index in [-0.39, 0.29) is 5.82 Å². The molecule has 0 unspecified atom stereocenters. The molecule has 0 amide bonds. The highest BCUT2D eigenvalue weighted by Crippen LogP contribution is 2.28. The summed E-state index contributed by atoms with van der Waals surface area (Å²) in [4.78, 5) is 0. The lowest BCUT2D eigenvalue weighted by Crippen LogP contribution is -2.07. The van der Waals surface area contributed by atoms with Crippen molar-refractivity contribution in [3.63, 3.8) is 0 Å². The molecular weight excluding hydrogens is 357 g/mol. The third-order valence-corrected chi connectivity index (χ3v) is 4.91. The van der Waals surface area contributed by atoms with Gasteiger partial charge in [-0.3, -0.25) is 0 Å². The molecule has 2 aromatic carbocycles. The van der Waals surface area contributed by atoms with E-state index in [2.05, 4.69) is 28.6 Å². The standard InChI is InChI=1S/C19H19ClFN3S/c1-13(2)11-24-18(15-6-8-16(20)9-7-15)22-23-19(24)25-12-14-4-3-5-17(21)10-14/h3-10,13H,11-12H2,1-2H3. The van der Waals surface area contributed by atoms with Crippen LogP contribution >= 0.6 is 23.4 Å². The van der Waals surface area contributed by atoms with Crippen LogP contribution in [0.2, 0.25) is 5.02 Å². The number of hydrogen-bond donors (Lipinski definition) is 0. The van der Waals surface area contributed by atoms with Crippen molar-refractivity contribution in [2.45, 2.75) is 31.3 Å². The molecule has 0 saturated heterocycles.